The maximum absolute atomic E-state index is 5.65. The standard InChI is InChI=1S/C15H27N3/c1-3-4-5-6-7-8-11-14(18-16)15-13(2)10-9-12-17-15/h9-10,12,14,18H,3-8,11,16H2,1-2H3. The van der Waals surface area contributed by atoms with E-state index in [1.54, 1.807) is 0 Å². The summed E-state index contributed by atoms with van der Waals surface area (Å²) in [7, 11) is 0. The van der Waals surface area contributed by atoms with Crippen LogP contribution in [-0.4, -0.2) is 4.98 Å². The number of nitrogens with zero attached hydrogens (tertiary/aromatic N) is 1. The van der Waals surface area contributed by atoms with Gasteiger partial charge in [-0.15, -0.1) is 0 Å². The molecule has 0 aliphatic rings. The van der Waals surface area contributed by atoms with E-state index < -0.39 is 0 Å². The van der Waals surface area contributed by atoms with Crippen LogP contribution in [-0.2, 0) is 0 Å². The van der Waals surface area contributed by atoms with Crippen molar-refractivity contribution in [3.63, 3.8) is 0 Å². The Balaban J connectivity index is 2.32. The maximum atomic E-state index is 5.65. The highest BCUT2D eigenvalue weighted by atomic mass is 15.2. The number of hydrazine groups is 1. The molecule has 1 aromatic heterocycles. The van der Waals surface area contributed by atoms with Crippen LogP contribution in [0.25, 0.3) is 0 Å². The molecule has 0 aromatic carbocycles. The number of rotatable bonds is 9. The molecule has 0 radical (unpaired) electrons. The molecule has 1 rings (SSSR count). The van der Waals surface area contributed by atoms with E-state index in [2.05, 4.69) is 30.3 Å². The molecule has 0 bridgehead atoms. The van der Waals surface area contributed by atoms with E-state index in [9.17, 15) is 0 Å². The average molecular weight is 249 g/mol. The van der Waals surface area contributed by atoms with Crippen molar-refractivity contribution in [1.29, 1.82) is 0 Å². The molecule has 0 aliphatic carbocycles. The molecule has 1 heterocycles. The number of unbranched alkanes of at least 4 members (excludes halogenated alkanes) is 5. The van der Waals surface area contributed by atoms with E-state index in [-0.39, 0.29) is 6.04 Å². The van der Waals surface area contributed by atoms with E-state index >= 15 is 0 Å². The lowest BCUT2D eigenvalue weighted by atomic mass is 10.0. The molecule has 3 nitrogen and oxygen atoms in total. The second-order valence-corrected chi connectivity index (χ2v) is 4.98. The fraction of sp³-hybridized carbons (Fsp3) is 0.667. The molecule has 1 atom stereocenters. The molecular formula is C15H27N3. The summed E-state index contributed by atoms with van der Waals surface area (Å²) in [5, 5.41) is 0. The first-order chi connectivity index (χ1) is 8.79. The predicted octanol–water partition coefficient (Wildman–Crippen LogP) is 3.65. The lowest BCUT2D eigenvalue weighted by Crippen LogP contribution is -2.29. The molecule has 0 spiro atoms. The molecule has 102 valence electrons. The summed E-state index contributed by atoms with van der Waals surface area (Å²) in [6.45, 7) is 4.34. The van der Waals surface area contributed by atoms with Gasteiger partial charge in [0.25, 0.3) is 0 Å². The second-order valence-electron chi connectivity index (χ2n) is 4.98. The Morgan fingerprint density at radius 2 is 1.94 bits per heavy atom. The van der Waals surface area contributed by atoms with Crippen molar-refractivity contribution < 1.29 is 0 Å². The minimum Gasteiger partial charge on any atom is -0.271 e. The zero-order valence-electron chi connectivity index (χ0n) is 11.8. The normalized spacial score (nSPS) is 12.6. The van der Waals surface area contributed by atoms with Gasteiger partial charge >= 0.3 is 0 Å². The third-order valence-electron chi connectivity index (χ3n) is 3.43. The second kappa shape index (κ2) is 9.06. The molecule has 0 saturated heterocycles. The summed E-state index contributed by atoms with van der Waals surface area (Å²) >= 11 is 0. The number of nitrogens with one attached hydrogen (secondary N) is 1. The van der Waals surface area contributed by atoms with Crippen LogP contribution in [0, 0.1) is 6.92 Å². The van der Waals surface area contributed by atoms with E-state index in [1.807, 2.05) is 12.3 Å². The van der Waals surface area contributed by atoms with Gasteiger partial charge in [-0.1, -0.05) is 51.5 Å². The van der Waals surface area contributed by atoms with Crippen molar-refractivity contribution in [2.75, 3.05) is 0 Å². The molecule has 1 unspecified atom stereocenters. The Morgan fingerprint density at radius 1 is 1.22 bits per heavy atom. The summed E-state index contributed by atoms with van der Waals surface area (Å²) < 4.78 is 0. The number of aromatic nitrogens is 1. The van der Waals surface area contributed by atoms with Gasteiger partial charge in [0, 0.05) is 6.20 Å². The molecule has 0 aliphatic heterocycles. The Bertz CT molecular complexity index is 325. The highest BCUT2D eigenvalue weighted by molar-refractivity contribution is 5.20. The molecule has 0 saturated carbocycles. The van der Waals surface area contributed by atoms with Crippen LogP contribution < -0.4 is 11.3 Å². The first-order valence-electron chi connectivity index (χ1n) is 7.17. The molecular weight excluding hydrogens is 222 g/mol. The van der Waals surface area contributed by atoms with Crippen molar-refractivity contribution in [3.05, 3.63) is 29.6 Å². The summed E-state index contributed by atoms with van der Waals surface area (Å²) in [6.07, 6.45) is 10.8. The van der Waals surface area contributed by atoms with Gasteiger partial charge in [-0.3, -0.25) is 16.3 Å². The molecule has 1 aromatic rings. The quantitative estimate of drug-likeness (QED) is 0.399. The number of nitrogens with two attached hydrogens (primary N) is 1. The van der Waals surface area contributed by atoms with Crippen LogP contribution in [0.5, 0.6) is 0 Å². The van der Waals surface area contributed by atoms with Crippen molar-refractivity contribution in [1.82, 2.24) is 10.4 Å². The summed E-state index contributed by atoms with van der Waals surface area (Å²) in [6, 6.07) is 4.25. The first kappa shape index (κ1) is 15.1. The van der Waals surface area contributed by atoms with Gasteiger partial charge in [0.05, 0.1) is 11.7 Å². The third-order valence-corrected chi connectivity index (χ3v) is 3.43. The largest absolute Gasteiger partial charge is 0.271 e. The fourth-order valence-corrected chi connectivity index (χ4v) is 2.29. The summed E-state index contributed by atoms with van der Waals surface area (Å²) in [5.41, 5.74) is 5.20. The third kappa shape index (κ3) is 5.15. The van der Waals surface area contributed by atoms with Gasteiger partial charge < -0.3 is 0 Å². The molecule has 0 amide bonds. The number of hydrogen-bond donors (Lipinski definition) is 2. The Morgan fingerprint density at radius 3 is 2.61 bits per heavy atom. The molecule has 0 fully saturated rings. The Hall–Kier alpha value is -0.930. The zero-order chi connectivity index (χ0) is 13.2. The van der Waals surface area contributed by atoms with E-state index in [0.29, 0.717) is 0 Å². The van der Waals surface area contributed by atoms with Crippen molar-refractivity contribution in [2.24, 2.45) is 5.84 Å². The van der Waals surface area contributed by atoms with E-state index in [0.717, 1.165) is 12.1 Å². The zero-order valence-corrected chi connectivity index (χ0v) is 11.8. The minimum atomic E-state index is 0.192. The van der Waals surface area contributed by atoms with Crippen LogP contribution in [0.15, 0.2) is 18.3 Å². The van der Waals surface area contributed by atoms with Gasteiger partial charge in [-0.2, -0.15) is 0 Å². The molecule has 3 heteroatoms. The number of hydrogen-bond acceptors (Lipinski definition) is 3. The van der Waals surface area contributed by atoms with Gasteiger partial charge in [0.2, 0.25) is 0 Å². The highest BCUT2D eigenvalue weighted by Crippen LogP contribution is 2.20. The monoisotopic (exact) mass is 249 g/mol. The van der Waals surface area contributed by atoms with Crippen LogP contribution in [0.1, 0.15) is 69.2 Å². The van der Waals surface area contributed by atoms with Crippen LogP contribution in [0.2, 0.25) is 0 Å². The van der Waals surface area contributed by atoms with Gasteiger partial charge in [0.15, 0.2) is 0 Å². The van der Waals surface area contributed by atoms with Crippen molar-refractivity contribution in [3.8, 4) is 0 Å². The Labute approximate surface area is 111 Å². The van der Waals surface area contributed by atoms with Gasteiger partial charge in [-0.25, -0.2) is 0 Å². The van der Waals surface area contributed by atoms with Crippen LogP contribution in [0.3, 0.4) is 0 Å². The molecule has 18 heavy (non-hydrogen) atoms. The van der Waals surface area contributed by atoms with Crippen molar-refractivity contribution >= 4 is 0 Å². The average Bonchev–Trinajstić information content (AvgIpc) is 2.39. The number of aryl methyl sites for hydroxylation is 1. The van der Waals surface area contributed by atoms with Gasteiger partial charge in [-0.05, 0) is 25.0 Å². The van der Waals surface area contributed by atoms with Crippen LogP contribution in [0.4, 0.5) is 0 Å². The summed E-state index contributed by atoms with van der Waals surface area (Å²) in [4.78, 5) is 4.44. The first-order valence-corrected chi connectivity index (χ1v) is 7.17. The smallest absolute Gasteiger partial charge is 0.0634 e. The minimum absolute atomic E-state index is 0.192. The number of pyridine rings is 1. The van der Waals surface area contributed by atoms with Crippen LogP contribution >= 0.6 is 0 Å². The fourth-order valence-electron chi connectivity index (χ4n) is 2.29. The SMILES string of the molecule is CCCCCCCCC(NN)c1ncccc1C. The maximum Gasteiger partial charge on any atom is 0.0634 e. The van der Waals surface area contributed by atoms with Crippen molar-refractivity contribution in [2.45, 2.75) is 64.8 Å². The van der Waals surface area contributed by atoms with Gasteiger partial charge in [0.1, 0.15) is 0 Å². The highest BCUT2D eigenvalue weighted by Gasteiger charge is 2.12. The summed E-state index contributed by atoms with van der Waals surface area (Å²) in [5.74, 6) is 5.65. The van der Waals surface area contributed by atoms with E-state index in [1.165, 1.54) is 44.1 Å². The lowest BCUT2D eigenvalue weighted by Gasteiger charge is -2.17. The van der Waals surface area contributed by atoms with E-state index in [4.69, 9.17) is 5.84 Å². The predicted molar refractivity (Wildman–Crippen MR) is 77.0 cm³/mol. The Kier molecular flexibility index (Phi) is 7.62. The lowest BCUT2D eigenvalue weighted by molar-refractivity contribution is 0.467. The molecule has 3 N–H and O–H groups in total. The topological polar surface area (TPSA) is 50.9 Å².